The minimum absolute atomic E-state index is 0.0530. The lowest BCUT2D eigenvalue weighted by atomic mass is 10.1. The van der Waals surface area contributed by atoms with Crippen LogP contribution in [-0.2, 0) is 17.8 Å². The van der Waals surface area contributed by atoms with E-state index >= 15 is 0 Å². The maximum absolute atomic E-state index is 11.8. The average molecular weight is 298 g/mol. The summed E-state index contributed by atoms with van der Waals surface area (Å²) in [5.41, 5.74) is 8.58. The average Bonchev–Trinajstić information content (AvgIpc) is 2.52. The zero-order valence-corrected chi connectivity index (χ0v) is 12.5. The van der Waals surface area contributed by atoms with Gasteiger partial charge in [-0.25, -0.2) is 0 Å². The summed E-state index contributed by atoms with van der Waals surface area (Å²) in [6.45, 7) is 0.519. The van der Waals surface area contributed by atoms with Crippen LogP contribution in [0, 0.1) is 0 Å². The first-order chi connectivity index (χ1) is 10.1. The van der Waals surface area contributed by atoms with E-state index in [9.17, 15) is 4.79 Å². The molecule has 4 heteroatoms. The molecule has 21 heavy (non-hydrogen) atoms. The Hall–Kier alpha value is -2.20. The van der Waals surface area contributed by atoms with Crippen LogP contribution in [0.3, 0.4) is 0 Å². The zero-order valence-electron chi connectivity index (χ0n) is 11.7. The Kier molecular flexibility index (Phi) is 5.46. The third-order valence-corrected chi connectivity index (χ3v) is 3.45. The molecule has 1 amide bonds. The molecule has 0 radical (unpaired) electrons. The van der Waals surface area contributed by atoms with Gasteiger partial charge in [0.1, 0.15) is 4.99 Å². The van der Waals surface area contributed by atoms with Gasteiger partial charge in [-0.05, 0) is 17.5 Å². The minimum atomic E-state index is 0.0530. The van der Waals surface area contributed by atoms with Gasteiger partial charge >= 0.3 is 0 Å². The van der Waals surface area contributed by atoms with E-state index in [4.69, 9.17) is 18.0 Å². The van der Waals surface area contributed by atoms with Crippen molar-refractivity contribution in [1.29, 1.82) is 0 Å². The number of rotatable bonds is 6. The summed E-state index contributed by atoms with van der Waals surface area (Å²) in [6.07, 6.45) is 1.25. The number of hydrogen-bond donors (Lipinski definition) is 2. The van der Waals surface area contributed by atoms with Gasteiger partial charge in [-0.1, -0.05) is 66.8 Å². The molecule has 0 saturated heterocycles. The van der Waals surface area contributed by atoms with Crippen molar-refractivity contribution >= 4 is 23.1 Å². The van der Waals surface area contributed by atoms with Gasteiger partial charge in [0, 0.05) is 18.5 Å². The van der Waals surface area contributed by atoms with Crippen LogP contribution in [0.1, 0.15) is 23.1 Å². The number of hydrogen-bond acceptors (Lipinski definition) is 2. The summed E-state index contributed by atoms with van der Waals surface area (Å²) < 4.78 is 0. The molecule has 0 aliphatic heterocycles. The zero-order chi connectivity index (χ0) is 15.1. The number of nitrogens with one attached hydrogen (secondary N) is 1. The molecular weight excluding hydrogens is 280 g/mol. The van der Waals surface area contributed by atoms with Crippen LogP contribution < -0.4 is 11.1 Å². The first kappa shape index (κ1) is 15.2. The Morgan fingerprint density at radius 2 is 1.67 bits per heavy atom. The number of carbonyl (C=O) groups is 1. The normalized spacial score (nSPS) is 10.1. The summed E-state index contributed by atoms with van der Waals surface area (Å²) in [7, 11) is 0. The molecule has 3 N–H and O–H groups in total. The molecule has 0 fully saturated rings. The molecule has 2 aromatic rings. The largest absolute Gasteiger partial charge is 0.389 e. The summed E-state index contributed by atoms with van der Waals surface area (Å²) in [6, 6.07) is 17.6. The highest BCUT2D eigenvalue weighted by Crippen LogP contribution is 2.05. The van der Waals surface area contributed by atoms with E-state index in [0.717, 1.165) is 17.5 Å². The fourth-order valence-corrected chi connectivity index (χ4v) is 2.11. The molecule has 0 heterocycles. The van der Waals surface area contributed by atoms with Crippen molar-refractivity contribution < 1.29 is 4.79 Å². The summed E-state index contributed by atoms with van der Waals surface area (Å²) in [5, 5.41) is 2.91. The molecule has 0 saturated carbocycles. The van der Waals surface area contributed by atoms with Crippen LogP contribution in [0.25, 0.3) is 0 Å². The van der Waals surface area contributed by atoms with Crippen LogP contribution in [0.2, 0.25) is 0 Å². The van der Waals surface area contributed by atoms with Crippen molar-refractivity contribution in [3.63, 3.8) is 0 Å². The smallest absolute Gasteiger partial charge is 0.220 e. The van der Waals surface area contributed by atoms with Crippen LogP contribution in [-0.4, -0.2) is 10.9 Å². The molecule has 0 bridgehead atoms. The Morgan fingerprint density at radius 3 is 2.29 bits per heavy atom. The van der Waals surface area contributed by atoms with Gasteiger partial charge in [0.2, 0.25) is 5.91 Å². The SMILES string of the molecule is NC(=S)c1ccc(CNC(=O)CCc2ccccc2)cc1. The minimum Gasteiger partial charge on any atom is -0.389 e. The third-order valence-electron chi connectivity index (χ3n) is 3.21. The van der Waals surface area contributed by atoms with Gasteiger partial charge in [-0.2, -0.15) is 0 Å². The summed E-state index contributed by atoms with van der Waals surface area (Å²) >= 11 is 4.90. The Bertz CT molecular complexity index is 608. The number of aryl methyl sites for hydroxylation is 1. The molecule has 3 nitrogen and oxygen atoms in total. The predicted molar refractivity (Wildman–Crippen MR) is 88.9 cm³/mol. The van der Waals surface area contributed by atoms with Crippen molar-refractivity contribution in [2.45, 2.75) is 19.4 Å². The van der Waals surface area contributed by atoms with Crippen LogP contribution >= 0.6 is 12.2 Å². The van der Waals surface area contributed by atoms with Gasteiger partial charge in [-0.15, -0.1) is 0 Å². The number of benzene rings is 2. The van der Waals surface area contributed by atoms with Crippen LogP contribution in [0.15, 0.2) is 54.6 Å². The number of carbonyl (C=O) groups excluding carboxylic acids is 1. The lowest BCUT2D eigenvalue weighted by molar-refractivity contribution is -0.121. The monoisotopic (exact) mass is 298 g/mol. The van der Waals surface area contributed by atoms with Crippen LogP contribution in [0.4, 0.5) is 0 Å². The van der Waals surface area contributed by atoms with Crippen molar-refractivity contribution in [3.05, 3.63) is 71.3 Å². The molecule has 2 rings (SSSR count). The van der Waals surface area contributed by atoms with Gasteiger partial charge < -0.3 is 11.1 Å². The fraction of sp³-hybridized carbons (Fsp3) is 0.176. The summed E-state index contributed by atoms with van der Waals surface area (Å²) in [4.78, 5) is 12.2. The molecule has 0 aliphatic carbocycles. The first-order valence-corrected chi connectivity index (χ1v) is 7.25. The Balaban J connectivity index is 1.77. The quantitative estimate of drug-likeness (QED) is 0.806. The highest BCUT2D eigenvalue weighted by Gasteiger charge is 2.03. The number of nitrogens with two attached hydrogens (primary N) is 1. The molecule has 108 valence electrons. The molecule has 2 aromatic carbocycles. The second kappa shape index (κ2) is 7.55. The number of amides is 1. The summed E-state index contributed by atoms with van der Waals surface area (Å²) in [5.74, 6) is 0.0530. The highest BCUT2D eigenvalue weighted by molar-refractivity contribution is 7.80. The lowest BCUT2D eigenvalue weighted by Crippen LogP contribution is -2.23. The highest BCUT2D eigenvalue weighted by atomic mass is 32.1. The second-order valence-electron chi connectivity index (χ2n) is 4.82. The second-order valence-corrected chi connectivity index (χ2v) is 5.26. The topological polar surface area (TPSA) is 55.1 Å². The molecule has 0 aliphatic rings. The molecule has 0 unspecified atom stereocenters. The van der Waals surface area contributed by atoms with E-state index in [2.05, 4.69) is 5.32 Å². The third kappa shape index (κ3) is 5.00. The molecule has 0 spiro atoms. The lowest BCUT2D eigenvalue weighted by Gasteiger charge is -2.06. The molecular formula is C17H18N2OS. The maximum Gasteiger partial charge on any atom is 0.220 e. The predicted octanol–water partition coefficient (Wildman–Crippen LogP) is 2.57. The first-order valence-electron chi connectivity index (χ1n) is 6.84. The van der Waals surface area contributed by atoms with E-state index in [1.54, 1.807) is 0 Å². The van der Waals surface area contributed by atoms with E-state index < -0.39 is 0 Å². The van der Waals surface area contributed by atoms with E-state index in [1.165, 1.54) is 5.56 Å². The molecule has 0 atom stereocenters. The van der Waals surface area contributed by atoms with Gasteiger partial charge in [0.15, 0.2) is 0 Å². The maximum atomic E-state index is 11.8. The van der Waals surface area contributed by atoms with E-state index in [-0.39, 0.29) is 5.91 Å². The Morgan fingerprint density at radius 1 is 1.00 bits per heavy atom. The van der Waals surface area contributed by atoms with Crippen molar-refractivity contribution in [2.24, 2.45) is 5.73 Å². The van der Waals surface area contributed by atoms with E-state index in [1.807, 2.05) is 54.6 Å². The van der Waals surface area contributed by atoms with Gasteiger partial charge in [0.05, 0.1) is 0 Å². The van der Waals surface area contributed by atoms with Crippen LogP contribution in [0.5, 0.6) is 0 Å². The van der Waals surface area contributed by atoms with E-state index in [0.29, 0.717) is 18.0 Å². The molecule has 0 aromatic heterocycles. The Labute approximate surface area is 130 Å². The van der Waals surface area contributed by atoms with Crippen molar-refractivity contribution in [3.8, 4) is 0 Å². The van der Waals surface area contributed by atoms with Crippen molar-refractivity contribution in [1.82, 2.24) is 5.32 Å². The fourth-order valence-electron chi connectivity index (χ4n) is 1.98. The van der Waals surface area contributed by atoms with Gasteiger partial charge in [0.25, 0.3) is 0 Å². The number of thiocarbonyl (C=S) groups is 1. The van der Waals surface area contributed by atoms with Crippen molar-refractivity contribution in [2.75, 3.05) is 0 Å². The standard InChI is InChI=1S/C17H18N2OS/c18-17(21)15-9-6-14(7-10-15)12-19-16(20)11-8-13-4-2-1-3-5-13/h1-7,9-10H,8,11-12H2,(H2,18,21)(H,19,20). The van der Waals surface area contributed by atoms with Gasteiger partial charge in [-0.3, -0.25) is 4.79 Å².